The molecule has 0 fully saturated rings. The number of nitrogens with two attached hydrogens (primary N) is 1. The molecular formula is C18H22N2O3S. The molecule has 1 atom stereocenters. The van der Waals surface area contributed by atoms with Gasteiger partial charge in [0.1, 0.15) is 0 Å². The third kappa shape index (κ3) is 4.43. The van der Waals surface area contributed by atoms with E-state index in [0.717, 1.165) is 12.0 Å². The molecule has 1 amide bonds. The van der Waals surface area contributed by atoms with Crippen LogP contribution in [-0.2, 0) is 14.8 Å². The maximum absolute atomic E-state index is 12.7. The van der Waals surface area contributed by atoms with Crippen LogP contribution in [0.1, 0.15) is 36.8 Å². The van der Waals surface area contributed by atoms with Gasteiger partial charge in [0.05, 0.1) is 10.8 Å². The Hall–Kier alpha value is -2.18. The molecule has 0 saturated carbocycles. The summed E-state index contributed by atoms with van der Waals surface area (Å²) < 4.78 is 23.2. The molecule has 3 N–H and O–H groups in total. The van der Waals surface area contributed by atoms with Crippen LogP contribution in [0.15, 0.2) is 53.4 Å². The van der Waals surface area contributed by atoms with Gasteiger partial charge in [-0.25, -0.2) is 13.6 Å². The molecule has 0 bridgehead atoms. The predicted molar refractivity (Wildman–Crippen MR) is 95.3 cm³/mol. The fourth-order valence-electron chi connectivity index (χ4n) is 2.64. The first kappa shape index (κ1) is 18.2. The summed E-state index contributed by atoms with van der Waals surface area (Å²) in [6.07, 6.45) is 1.58. The first-order valence-corrected chi connectivity index (χ1v) is 9.37. The highest BCUT2D eigenvalue weighted by Gasteiger charge is 2.20. The van der Waals surface area contributed by atoms with E-state index in [0.29, 0.717) is 17.7 Å². The summed E-state index contributed by atoms with van der Waals surface area (Å²) in [5.41, 5.74) is 1.91. The van der Waals surface area contributed by atoms with Gasteiger partial charge in [0.25, 0.3) is 0 Å². The Morgan fingerprint density at radius 1 is 1.17 bits per heavy atom. The van der Waals surface area contributed by atoms with Crippen LogP contribution < -0.4 is 10.5 Å². The minimum Gasteiger partial charge on any atom is -0.326 e. The van der Waals surface area contributed by atoms with Crippen molar-refractivity contribution in [3.05, 3.63) is 59.7 Å². The number of carbonyl (C=O) groups is 1. The number of hydrogen-bond acceptors (Lipinski definition) is 3. The molecule has 128 valence electrons. The third-order valence-corrected chi connectivity index (χ3v) is 4.91. The van der Waals surface area contributed by atoms with E-state index in [2.05, 4.69) is 5.32 Å². The fraction of sp³-hybridized carbons (Fsp3) is 0.278. The monoisotopic (exact) mass is 346 g/mol. The second-order valence-corrected chi connectivity index (χ2v) is 7.30. The summed E-state index contributed by atoms with van der Waals surface area (Å²) in [5.74, 6) is -0.442. The molecule has 6 heteroatoms. The molecule has 0 spiro atoms. The van der Waals surface area contributed by atoms with E-state index in [9.17, 15) is 13.2 Å². The van der Waals surface area contributed by atoms with Gasteiger partial charge >= 0.3 is 0 Å². The number of anilines is 1. The Labute approximate surface area is 142 Å². The van der Waals surface area contributed by atoms with Gasteiger partial charge in [0, 0.05) is 5.69 Å². The van der Waals surface area contributed by atoms with Crippen molar-refractivity contribution in [3.8, 4) is 0 Å². The molecule has 0 aromatic heterocycles. The molecule has 0 radical (unpaired) electrons. The summed E-state index contributed by atoms with van der Waals surface area (Å²) in [4.78, 5) is 12.7. The highest BCUT2D eigenvalue weighted by Crippen LogP contribution is 2.25. The van der Waals surface area contributed by atoms with E-state index in [1.807, 2.05) is 37.3 Å². The smallest absolute Gasteiger partial charge is 0.238 e. The molecule has 0 unspecified atom stereocenters. The summed E-state index contributed by atoms with van der Waals surface area (Å²) in [7, 11) is -3.83. The van der Waals surface area contributed by atoms with Crippen LogP contribution in [0, 0.1) is 6.92 Å². The molecule has 2 rings (SSSR count). The Morgan fingerprint density at radius 3 is 2.42 bits per heavy atom. The number of amides is 1. The molecular weight excluding hydrogens is 324 g/mol. The second-order valence-electron chi connectivity index (χ2n) is 5.77. The van der Waals surface area contributed by atoms with Gasteiger partial charge < -0.3 is 5.32 Å². The van der Waals surface area contributed by atoms with Crippen molar-refractivity contribution in [3.63, 3.8) is 0 Å². The van der Waals surface area contributed by atoms with Gasteiger partial charge in [-0.15, -0.1) is 0 Å². The zero-order valence-electron chi connectivity index (χ0n) is 13.8. The van der Waals surface area contributed by atoms with E-state index in [1.54, 1.807) is 19.1 Å². The molecule has 5 nitrogen and oxygen atoms in total. The Morgan fingerprint density at radius 2 is 1.83 bits per heavy atom. The van der Waals surface area contributed by atoms with E-state index in [1.165, 1.54) is 6.07 Å². The zero-order chi connectivity index (χ0) is 17.7. The van der Waals surface area contributed by atoms with Crippen LogP contribution >= 0.6 is 0 Å². The normalized spacial score (nSPS) is 12.6. The zero-order valence-corrected chi connectivity index (χ0v) is 14.6. The second kappa shape index (κ2) is 7.59. The van der Waals surface area contributed by atoms with Gasteiger partial charge in [0.2, 0.25) is 15.9 Å². The molecule has 0 heterocycles. The number of benzene rings is 2. The maximum Gasteiger partial charge on any atom is 0.238 e. The van der Waals surface area contributed by atoms with Crippen molar-refractivity contribution in [2.24, 2.45) is 5.14 Å². The number of carbonyl (C=O) groups excluding carboxylic acids is 1. The van der Waals surface area contributed by atoms with Gasteiger partial charge in [-0.3, -0.25) is 4.79 Å². The quantitative estimate of drug-likeness (QED) is 0.842. The number of aryl methyl sites for hydroxylation is 1. The number of nitrogens with one attached hydrogen (secondary N) is 1. The average Bonchev–Trinajstić information content (AvgIpc) is 2.54. The first-order chi connectivity index (χ1) is 11.3. The Kier molecular flexibility index (Phi) is 5.75. The van der Waals surface area contributed by atoms with Gasteiger partial charge in [0.15, 0.2) is 0 Å². The lowest BCUT2D eigenvalue weighted by molar-refractivity contribution is -0.117. The fourth-order valence-corrected chi connectivity index (χ4v) is 3.44. The van der Waals surface area contributed by atoms with Crippen molar-refractivity contribution in [1.82, 2.24) is 0 Å². The minimum absolute atomic E-state index is 0.0204. The molecule has 24 heavy (non-hydrogen) atoms. The van der Waals surface area contributed by atoms with Crippen LogP contribution in [0.25, 0.3) is 0 Å². The largest absolute Gasteiger partial charge is 0.326 e. The lowest BCUT2D eigenvalue weighted by atomic mass is 9.93. The number of sulfonamides is 1. The molecule has 2 aromatic carbocycles. The van der Waals surface area contributed by atoms with Crippen LogP contribution in [-0.4, -0.2) is 14.3 Å². The lowest BCUT2D eigenvalue weighted by Gasteiger charge is -2.17. The summed E-state index contributed by atoms with van der Waals surface area (Å²) in [6, 6.07) is 14.3. The predicted octanol–water partition coefficient (Wildman–Crippen LogP) is 3.16. The highest BCUT2D eigenvalue weighted by molar-refractivity contribution is 7.89. The summed E-state index contributed by atoms with van der Waals surface area (Å²) >= 11 is 0. The number of rotatable bonds is 6. The average molecular weight is 346 g/mol. The van der Waals surface area contributed by atoms with Crippen LogP contribution in [0.2, 0.25) is 0 Å². The molecule has 0 aliphatic heterocycles. The third-order valence-electron chi connectivity index (χ3n) is 3.86. The van der Waals surface area contributed by atoms with Crippen molar-refractivity contribution >= 4 is 21.6 Å². The highest BCUT2D eigenvalue weighted by atomic mass is 32.2. The molecule has 0 saturated heterocycles. The van der Waals surface area contributed by atoms with E-state index in [4.69, 9.17) is 5.14 Å². The van der Waals surface area contributed by atoms with E-state index in [-0.39, 0.29) is 16.7 Å². The van der Waals surface area contributed by atoms with E-state index < -0.39 is 10.0 Å². The first-order valence-electron chi connectivity index (χ1n) is 7.82. The van der Waals surface area contributed by atoms with Crippen molar-refractivity contribution in [1.29, 1.82) is 0 Å². The van der Waals surface area contributed by atoms with Crippen molar-refractivity contribution in [2.75, 3.05) is 5.32 Å². The molecule has 0 aliphatic rings. The van der Waals surface area contributed by atoms with Gasteiger partial charge in [-0.2, -0.15) is 0 Å². The van der Waals surface area contributed by atoms with Crippen LogP contribution in [0.3, 0.4) is 0 Å². The van der Waals surface area contributed by atoms with Crippen LogP contribution in [0.5, 0.6) is 0 Å². The van der Waals surface area contributed by atoms with Crippen LogP contribution in [0.4, 0.5) is 5.69 Å². The van der Waals surface area contributed by atoms with Crippen molar-refractivity contribution in [2.45, 2.75) is 37.5 Å². The Bertz CT molecular complexity index is 817. The number of hydrogen-bond donors (Lipinski definition) is 2. The molecule has 2 aromatic rings. The van der Waals surface area contributed by atoms with E-state index >= 15 is 0 Å². The summed E-state index contributed by atoms with van der Waals surface area (Å²) in [5, 5.41) is 8.02. The minimum atomic E-state index is -3.83. The van der Waals surface area contributed by atoms with Gasteiger partial charge in [-0.1, -0.05) is 49.7 Å². The Balaban J connectivity index is 2.27. The lowest BCUT2D eigenvalue weighted by Crippen LogP contribution is -2.22. The maximum atomic E-state index is 12.7. The topological polar surface area (TPSA) is 89.3 Å². The standard InChI is InChI=1S/C18H22N2O3S/c1-3-7-16(14-8-5-4-6-9-14)18(21)20-15-11-10-13(2)17(12-15)24(19,22)23/h4-6,8-12,16H,3,7H2,1-2H3,(H,20,21)(H2,19,22,23)/t16-/m1/s1. The number of primary sulfonamides is 1. The molecule has 0 aliphatic carbocycles. The van der Waals surface area contributed by atoms with Crippen molar-refractivity contribution < 1.29 is 13.2 Å². The van der Waals surface area contributed by atoms with Gasteiger partial charge in [-0.05, 0) is 36.6 Å². The SMILES string of the molecule is CCC[C@@H](C(=O)Nc1ccc(C)c(S(N)(=O)=O)c1)c1ccccc1. The summed E-state index contributed by atoms with van der Waals surface area (Å²) in [6.45, 7) is 3.68.